The molecule has 29 heavy (non-hydrogen) atoms. The molecule has 0 bridgehead atoms. The van der Waals surface area contributed by atoms with Gasteiger partial charge >= 0.3 is 5.97 Å². The fraction of sp³-hybridized carbons (Fsp3) is 0.200. The highest BCUT2D eigenvalue weighted by Crippen LogP contribution is 2.26. The minimum Gasteiger partial charge on any atom is -0.454 e. The van der Waals surface area contributed by atoms with Crippen LogP contribution >= 0.6 is 23.2 Å². The van der Waals surface area contributed by atoms with Crippen molar-refractivity contribution in [2.45, 2.75) is 13.0 Å². The van der Waals surface area contributed by atoms with Crippen molar-refractivity contribution in [3.63, 3.8) is 0 Å². The standard InChI is InChI=1S/C20H16Cl2N2O5/c1-11(13-7-6-12(21)8-16(13)22)23-17(25)10-29-18(26)9-24-19(27)14-4-2-3-5-15(14)20(24)28/h2-8,11H,9-10H2,1H3,(H,23,25). The molecule has 0 aromatic heterocycles. The molecule has 3 amide bonds. The number of nitrogens with zero attached hydrogens (tertiary/aromatic N) is 1. The summed E-state index contributed by atoms with van der Waals surface area (Å²) in [6.07, 6.45) is 0. The van der Waals surface area contributed by atoms with Crippen molar-refractivity contribution in [3.8, 4) is 0 Å². The quantitative estimate of drug-likeness (QED) is 0.556. The molecule has 3 rings (SSSR count). The smallest absolute Gasteiger partial charge is 0.326 e. The van der Waals surface area contributed by atoms with Crippen molar-refractivity contribution in [1.29, 1.82) is 0 Å². The van der Waals surface area contributed by atoms with Crippen LogP contribution in [0.15, 0.2) is 42.5 Å². The molecule has 150 valence electrons. The largest absolute Gasteiger partial charge is 0.454 e. The van der Waals surface area contributed by atoms with Gasteiger partial charge in [-0.2, -0.15) is 0 Å². The van der Waals surface area contributed by atoms with Crippen molar-refractivity contribution >= 4 is 46.9 Å². The van der Waals surface area contributed by atoms with Crippen LogP contribution in [-0.2, 0) is 14.3 Å². The van der Waals surface area contributed by atoms with Crippen LogP contribution in [-0.4, -0.2) is 41.7 Å². The van der Waals surface area contributed by atoms with E-state index in [9.17, 15) is 19.2 Å². The summed E-state index contributed by atoms with van der Waals surface area (Å²) in [6, 6.07) is 10.7. The molecule has 1 unspecified atom stereocenters. The van der Waals surface area contributed by atoms with Gasteiger partial charge in [-0.25, -0.2) is 0 Å². The SMILES string of the molecule is CC(NC(=O)COC(=O)CN1C(=O)c2ccccc2C1=O)c1ccc(Cl)cc1Cl. The minimum atomic E-state index is -0.869. The molecule has 1 aliphatic heterocycles. The first-order chi connectivity index (χ1) is 13.8. The van der Waals surface area contributed by atoms with Gasteiger partial charge in [0.15, 0.2) is 6.61 Å². The molecule has 1 N–H and O–H groups in total. The van der Waals surface area contributed by atoms with Gasteiger partial charge in [0.25, 0.3) is 17.7 Å². The molecule has 0 radical (unpaired) electrons. The van der Waals surface area contributed by atoms with Crippen LogP contribution in [0.1, 0.15) is 39.2 Å². The third-order valence-electron chi connectivity index (χ3n) is 4.34. The third-order valence-corrected chi connectivity index (χ3v) is 4.90. The second kappa shape index (κ2) is 8.63. The van der Waals surface area contributed by atoms with Gasteiger partial charge in [-0.3, -0.25) is 24.1 Å². The maximum Gasteiger partial charge on any atom is 0.326 e. The fourth-order valence-corrected chi connectivity index (χ4v) is 3.49. The molecular weight excluding hydrogens is 419 g/mol. The third kappa shape index (κ3) is 4.58. The molecule has 0 fully saturated rings. The summed E-state index contributed by atoms with van der Waals surface area (Å²) in [7, 11) is 0. The lowest BCUT2D eigenvalue weighted by Gasteiger charge is -2.16. The Balaban J connectivity index is 1.51. The molecule has 2 aromatic carbocycles. The second-order valence-corrected chi connectivity index (χ2v) is 7.20. The maximum absolute atomic E-state index is 12.2. The molecule has 1 aliphatic rings. The first-order valence-electron chi connectivity index (χ1n) is 8.63. The van der Waals surface area contributed by atoms with E-state index < -0.39 is 42.9 Å². The zero-order chi connectivity index (χ0) is 21.1. The Hall–Kier alpha value is -2.90. The molecule has 1 atom stereocenters. The van der Waals surface area contributed by atoms with Crippen molar-refractivity contribution in [1.82, 2.24) is 10.2 Å². The highest BCUT2D eigenvalue weighted by molar-refractivity contribution is 6.35. The Morgan fingerprint density at radius 3 is 2.28 bits per heavy atom. The van der Waals surface area contributed by atoms with Crippen molar-refractivity contribution in [3.05, 3.63) is 69.2 Å². The average molecular weight is 435 g/mol. The van der Waals surface area contributed by atoms with E-state index in [1.165, 1.54) is 12.1 Å². The van der Waals surface area contributed by atoms with Gasteiger partial charge in [0.1, 0.15) is 6.54 Å². The zero-order valence-corrected chi connectivity index (χ0v) is 16.8. The van der Waals surface area contributed by atoms with Crippen LogP contribution in [0.2, 0.25) is 10.0 Å². The molecule has 0 saturated carbocycles. The van der Waals surface area contributed by atoms with Crippen molar-refractivity contribution < 1.29 is 23.9 Å². The molecule has 1 heterocycles. The number of carbonyl (C=O) groups excluding carboxylic acids is 4. The first kappa shape index (κ1) is 20.8. The summed E-state index contributed by atoms with van der Waals surface area (Å²) in [5.74, 6) is -2.57. The number of nitrogens with one attached hydrogen (secondary N) is 1. The summed E-state index contributed by atoms with van der Waals surface area (Å²) in [4.78, 5) is 49.3. The van der Waals surface area contributed by atoms with Crippen LogP contribution < -0.4 is 5.32 Å². The van der Waals surface area contributed by atoms with Crippen LogP contribution in [0.25, 0.3) is 0 Å². The highest BCUT2D eigenvalue weighted by atomic mass is 35.5. The Bertz CT molecular complexity index is 973. The van der Waals surface area contributed by atoms with Gasteiger partial charge in [-0.05, 0) is 36.8 Å². The fourth-order valence-electron chi connectivity index (χ4n) is 2.92. The van der Waals surface area contributed by atoms with E-state index in [2.05, 4.69) is 5.32 Å². The molecule has 0 aliphatic carbocycles. The number of ether oxygens (including phenoxy) is 1. The van der Waals surface area contributed by atoms with E-state index in [0.717, 1.165) is 4.90 Å². The van der Waals surface area contributed by atoms with Gasteiger partial charge in [0.05, 0.1) is 17.2 Å². The highest BCUT2D eigenvalue weighted by Gasteiger charge is 2.36. The summed E-state index contributed by atoms with van der Waals surface area (Å²) in [6.45, 7) is 0.587. The van der Waals surface area contributed by atoms with Gasteiger partial charge in [-0.15, -0.1) is 0 Å². The topological polar surface area (TPSA) is 92.8 Å². The number of hydrogen-bond acceptors (Lipinski definition) is 5. The number of benzene rings is 2. The van der Waals surface area contributed by atoms with E-state index in [1.54, 1.807) is 37.3 Å². The lowest BCUT2D eigenvalue weighted by Crippen LogP contribution is -2.37. The Morgan fingerprint density at radius 1 is 1.07 bits per heavy atom. The summed E-state index contributed by atoms with van der Waals surface area (Å²) >= 11 is 12.0. The summed E-state index contributed by atoms with van der Waals surface area (Å²) < 4.78 is 4.90. The number of rotatable bonds is 6. The average Bonchev–Trinajstić information content (AvgIpc) is 2.91. The Labute approximate surface area is 176 Å². The van der Waals surface area contributed by atoms with E-state index >= 15 is 0 Å². The number of hydrogen-bond donors (Lipinski definition) is 1. The zero-order valence-electron chi connectivity index (χ0n) is 15.3. The summed E-state index contributed by atoms with van der Waals surface area (Å²) in [5, 5.41) is 3.51. The second-order valence-electron chi connectivity index (χ2n) is 6.36. The van der Waals surface area contributed by atoms with Gasteiger partial charge in [0, 0.05) is 10.0 Å². The number of imide groups is 1. The molecular formula is C20H16Cl2N2O5. The molecule has 9 heteroatoms. The lowest BCUT2D eigenvalue weighted by atomic mass is 10.1. The number of amides is 3. The van der Waals surface area contributed by atoms with Gasteiger partial charge < -0.3 is 10.1 Å². The van der Waals surface area contributed by atoms with Gasteiger partial charge in [0.2, 0.25) is 0 Å². The van der Waals surface area contributed by atoms with E-state index in [-0.39, 0.29) is 11.1 Å². The van der Waals surface area contributed by atoms with Crippen molar-refractivity contribution in [2.24, 2.45) is 0 Å². The monoisotopic (exact) mass is 434 g/mol. The van der Waals surface area contributed by atoms with Crippen LogP contribution in [0, 0.1) is 0 Å². The van der Waals surface area contributed by atoms with Crippen LogP contribution in [0.3, 0.4) is 0 Å². The number of esters is 1. The predicted molar refractivity (Wildman–Crippen MR) is 106 cm³/mol. The maximum atomic E-state index is 12.2. The number of halogens is 2. The Kier molecular flexibility index (Phi) is 6.20. The van der Waals surface area contributed by atoms with Crippen LogP contribution in [0.5, 0.6) is 0 Å². The molecule has 2 aromatic rings. The normalized spacial score (nSPS) is 13.8. The van der Waals surface area contributed by atoms with Crippen LogP contribution in [0.4, 0.5) is 0 Å². The van der Waals surface area contributed by atoms with E-state index in [0.29, 0.717) is 15.6 Å². The number of carbonyl (C=O) groups is 4. The van der Waals surface area contributed by atoms with Crippen molar-refractivity contribution in [2.75, 3.05) is 13.2 Å². The predicted octanol–water partition coefficient (Wildman–Crippen LogP) is 3.01. The van der Waals surface area contributed by atoms with Gasteiger partial charge in [-0.1, -0.05) is 41.4 Å². The number of fused-ring (bicyclic) bond motifs is 1. The molecule has 0 spiro atoms. The first-order valence-corrected chi connectivity index (χ1v) is 9.38. The molecule has 7 nitrogen and oxygen atoms in total. The molecule has 0 saturated heterocycles. The minimum absolute atomic E-state index is 0.233. The van der Waals surface area contributed by atoms with E-state index in [1.807, 2.05) is 0 Å². The lowest BCUT2D eigenvalue weighted by molar-refractivity contribution is -0.148. The van der Waals surface area contributed by atoms with E-state index in [4.69, 9.17) is 27.9 Å². The summed E-state index contributed by atoms with van der Waals surface area (Å²) in [5.41, 5.74) is 1.12. The Morgan fingerprint density at radius 2 is 1.69 bits per heavy atom.